The molecule has 2 aromatic carbocycles. The Morgan fingerprint density at radius 3 is 2.62 bits per heavy atom. The molecule has 190 valence electrons. The highest BCUT2D eigenvalue weighted by molar-refractivity contribution is 6.04. The molecule has 0 bridgehead atoms. The topological polar surface area (TPSA) is 75.4 Å². The van der Waals surface area contributed by atoms with Crippen LogP contribution in [0.2, 0.25) is 0 Å². The molecule has 37 heavy (non-hydrogen) atoms. The van der Waals surface area contributed by atoms with Gasteiger partial charge in [-0.3, -0.25) is 9.59 Å². The van der Waals surface area contributed by atoms with Crippen LogP contribution in [0.5, 0.6) is 0 Å². The number of halogens is 2. The standard InChI is InChI=1S/C29H27F2N3O3/c1-28-14-19-15-32-34(22-7-5-21(30)6-8-22)25(19)13-20(28)10-12-29(28,37)11-9-18-3-2-4-24(31)26(18)27(36)33-16-23(35)17-33/h2-8,13,15,37H,9-12,14,16-17H2,1H3/t28-,29-/m0/s1. The van der Waals surface area contributed by atoms with Crippen LogP contribution in [0.3, 0.4) is 0 Å². The molecular formula is C29H27F2N3O3. The molecule has 1 saturated carbocycles. The van der Waals surface area contributed by atoms with Crippen LogP contribution in [0.25, 0.3) is 11.8 Å². The summed E-state index contributed by atoms with van der Waals surface area (Å²) in [6.07, 6.45) is 6.46. The molecule has 2 atom stereocenters. The van der Waals surface area contributed by atoms with E-state index in [1.807, 2.05) is 0 Å². The van der Waals surface area contributed by atoms with E-state index >= 15 is 0 Å². The van der Waals surface area contributed by atoms with Crippen molar-refractivity contribution < 1.29 is 23.5 Å². The Kier molecular flexibility index (Phi) is 5.42. The summed E-state index contributed by atoms with van der Waals surface area (Å²) in [5, 5.41) is 16.5. The van der Waals surface area contributed by atoms with Gasteiger partial charge in [-0.1, -0.05) is 24.6 Å². The zero-order valence-corrected chi connectivity index (χ0v) is 20.5. The number of hydrogen-bond acceptors (Lipinski definition) is 4. The maximum absolute atomic E-state index is 14.8. The third kappa shape index (κ3) is 3.73. The van der Waals surface area contributed by atoms with Gasteiger partial charge in [0.2, 0.25) is 0 Å². The second-order valence-electron chi connectivity index (χ2n) is 10.6. The quantitative estimate of drug-likeness (QED) is 0.564. The first-order valence-electron chi connectivity index (χ1n) is 12.5. The Balaban J connectivity index is 1.26. The molecule has 1 amide bonds. The second kappa shape index (κ2) is 8.45. The number of likely N-dealkylation sites (tertiary alicyclic amines) is 1. The van der Waals surface area contributed by atoms with Crippen molar-refractivity contribution in [1.29, 1.82) is 0 Å². The van der Waals surface area contributed by atoms with Crippen molar-refractivity contribution in [2.45, 2.75) is 44.6 Å². The predicted octanol–water partition coefficient (Wildman–Crippen LogP) is 4.28. The minimum absolute atomic E-state index is 0.0102. The fourth-order valence-corrected chi connectivity index (χ4v) is 6.16. The molecule has 2 fully saturated rings. The number of ketones is 1. The van der Waals surface area contributed by atoms with Crippen molar-refractivity contribution >= 4 is 17.8 Å². The molecule has 6 nitrogen and oxygen atoms in total. The second-order valence-corrected chi connectivity index (χ2v) is 10.6. The van der Waals surface area contributed by atoms with Crippen LogP contribution >= 0.6 is 0 Å². The summed E-state index contributed by atoms with van der Waals surface area (Å²) in [6, 6.07) is 10.7. The lowest BCUT2D eigenvalue weighted by Gasteiger charge is -2.42. The number of benzene rings is 2. The van der Waals surface area contributed by atoms with E-state index in [4.69, 9.17) is 0 Å². The molecule has 3 aliphatic rings. The van der Waals surface area contributed by atoms with E-state index in [2.05, 4.69) is 18.1 Å². The lowest BCUT2D eigenvalue weighted by Crippen LogP contribution is -2.51. The van der Waals surface area contributed by atoms with E-state index in [9.17, 15) is 23.5 Å². The summed E-state index contributed by atoms with van der Waals surface area (Å²) in [4.78, 5) is 25.6. The normalized spacial score (nSPS) is 24.4. The van der Waals surface area contributed by atoms with Crippen LogP contribution in [0.1, 0.15) is 53.4 Å². The Labute approximate surface area is 213 Å². The predicted molar refractivity (Wildman–Crippen MR) is 133 cm³/mol. The number of hydrogen-bond donors (Lipinski definition) is 1. The number of carbonyl (C=O) groups excluding carboxylic acids is 2. The Hall–Kier alpha value is -3.65. The maximum atomic E-state index is 14.8. The average Bonchev–Trinajstić information content (AvgIpc) is 3.37. The van der Waals surface area contributed by atoms with E-state index < -0.39 is 22.7 Å². The van der Waals surface area contributed by atoms with E-state index in [0.29, 0.717) is 37.7 Å². The molecule has 8 heteroatoms. The molecular weight excluding hydrogens is 476 g/mol. The summed E-state index contributed by atoms with van der Waals surface area (Å²) in [5.74, 6) is -1.44. The number of nitrogens with zero attached hydrogens (tertiary/aromatic N) is 3. The monoisotopic (exact) mass is 503 g/mol. The molecule has 2 heterocycles. The molecule has 6 rings (SSSR count). The van der Waals surface area contributed by atoms with Gasteiger partial charge in [-0.05, 0) is 79.6 Å². The van der Waals surface area contributed by atoms with Crippen molar-refractivity contribution in [3.63, 3.8) is 0 Å². The smallest absolute Gasteiger partial charge is 0.257 e. The van der Waals surface area contributed by atoms with E-state index in [-0.39, 0.29) is 30.3 Å². The summed E-state index contributed by atoms with van der Waals surface area (Å²) in [6.45, 7) is 2.08. The molecule has 1 aliphatic heterocycles. The van der Waals surface area contributed by atoms with Gasteiger partial charge in [0.05, 0.1) is 41.8 Å². The van der Waals surface area contributed by atoms with E-state index in [1.165, 1.54) is 23.1 Å². The number of aromatic nitrogens is 2. The fourth-order valence-electron chi connectivity index (χ4n) is 6.16. The fraction of sp³-hybridized carbons (Fsp3) is 0.345. The zero-order valence-electron chi connectivity index (χ0n) is 20.5. The number of Topliss-reactive ketones (excluding diaryl/α,β-unsaturated/α-hetero) is 1. The van der Waals surface area contributed by atoms with Crippen LogP contribution in [0, 0.1) is 17.0 Å². The van der Waals surface area contributed by atoms with E-state index in [1.54, 1.807) is 35.1 Å². The van der Waals surface area contributed by atoms with Gasteiger partial charge in [-0.15, -0.1) is 0 Å². The molecule has 2 aliphatic carbocycles. The molecule has 0 unspecified atom stereocenters. The van der Waals surface area contributed by atoms with Crippen molar-refractivity contribution in [1.82, 2.24) is 14.7 Å². The number of rotatable bonds is 5. The van der Waals surface area contributed by atoms with Crippen molar-refractivity contribution in [2.24, 2.45) is 5.41 Å². The largest absolute Gasteiger partial charge is 0.389 e. The summed E-state index contributed by atoms with van der Waals surface area (Å²) in [7, 11) is 0. The van der Waals surface area contributed by atoms with Crippen molar-refractivity contribution in [3.8, 4) is 5.69 Å². The number of amides is 1. The van der Waals surface area contributed by atoms with Gasteiger partial charge in [0.15, 0.2) is 5.78 Å². The first kappa shape index (κ1) is 23.7. The van der Waals surface area contributed by atoms with Crippen molar-refractivity contribution in [2.75, 3.05) is 13.1 Å². The average molecular weight is 504 g/mol. The van der Waals surface area contributed by atoms with Crippen molar-refractivity contribution in [3.05, 3.63) is 88.3 Å². The minimum atomic E-state index is -1.05. The van der Waals surface area contributed by atoms with Gasteiger partial charge in [0.25, 0.3) is 5.91 Å². The van der Waals surface area contributed by atoms with Gasteiger partial charge >= 0.3 is 0 Å². The third-order valence-electron chi connectivity index (χ3n) is 8.50. The number of fused-ring (bicyclic) bond motifs is 2. The highest BCUT2D eigenvalue weighted by Gasteiger charge is 2.54. The lowest BCUT2D eigenvalue weighted by molar-refractivity contribution is -0.127. The Morgan fingerprint density at radius 2 is 1.89 bits per heavy atom. The highest BCUT2D eigenvalue weighted by Crippen LogP contribution is 2.57. The maximum Gasteiger partial charge on any atom is 0.257 e. The van der Waals surface area contributed by atoms with Gasteiger partial charge < -0.3 is 10.0 Å². The number of aryl methyl sites for hydroxylation is 1. The third-order valence-corrected chi connectivity index (χ3v) is 8.50. The lowest BCUT2D eigenvalue weighted by atomic mass is 9.65. The summed E-state index contributed by atoms with van der Waals surface area (Å²) in [5.41, 5.74) is 2.78. The van der Waals surface area contributed by atoms with Crippen LogP contribution in [-0.4, -0.2) is 50.2 Å². The number of aliphatic hydroxyl groups is 1. The molecule has 1 saturated heterocycles. The highest BCUT2D eigenvalue weighted by atomic mass is 19.1. The van der Waals surface area contributed by atoms with Gasteiger partial charge in [0.1, 0.15) is 11.6 Å². The van der Waals surface area contributed by atoms with Crippen LogP contribution in [0.4, 0.5) is 8.78 Å². The molecule has 0 radical (unpaired) electrons. The molecule has 3 aromatic rings. The van der Waals surface area contributed by atoms with Crippen LogP contribution in [-0.2, 0) is 17.6 Å². The number of carbonyl (C=O) groups is 2. The van der Waals surface area contributed by atoms with E-state index in [0.717, 1.165) is 22.5 Å². The summed E-state index contributed by atoms with van der Waals surface area (Å²) < 4.78 is 30.0. The Morgan fingerprint density at radius 1 is 1.14 bits per heavy atom. The first-order valence-corrected chi connectivity index (χ1v) is 12.5. The molecule has 0 spiro atoms. The van der Waals surface area contributed by atoms with Crippen LogP contribution in [0.15, 0.2) is 54.2 Å². The minimum Gasteiger partial charge on any atom is -0.389 e. The zero-order chi connectivity index (χ0) is 25.9. The van der Waals surface area contributed by atoms with Gasteiger partial charge in [-0.2, -0.15) is 5.10 Å². The van der Waals surface area contributed by atoms with Crippen LogP contribution < -0.4 is 0 Å². The Bertz CT molecular complexity index is 1450. The molecule has 1 N–H and O–H groups in total. The SMILES string of the molecule is C[C@]12Cc3cnn(-c4ccc(F)cc4)c3C=C1CC[C@@]2(O)CCc1cccc(F)c1C(=O)N1CC(=O)C1. The first-order chi connectivity index (χ1) is 17.7. The summed E-state index contributed by atoms with van der Waals surface area (Å²) >= 11 is 0. The van der Waals surface area contributed by atoms with Gasteiger partial charge in [-0.25, -0.2) is 13.5 Å². The molecule has 1 aromatic heterocycles. The van der Waals surface area contributed by atoms with Gasteiger partial charge in [0, 0.05) is 5.41 Å².